The number of carbonyl (C=O) groups excluding carboxylic acids is 1. The minimum absolute atomic E-state index is 0.302. The first-order chi connectivity index (χ1) is 18.2. The molecule has 0 aromatic rings. The van der Waals surface area contributed by atoms with Crippen LogP contribution < -0.4 is 0 Å². The monoisotopic (exact) mass is 551 g/mol. The second-order valence-corrected chi connectivity index (χ2v) is 10.4. The van der Waals surface area contributed by atoms with Gasteiger partial charge in [-0.3, -0.25) is 4.79 Å². The molecule has 7 N–H and O–H groups in total. The summed E-state index contributed by atoms with van der Waals surface area (Å²) in [7, 11) is 0. The molecule has 12 heteroatoms. The van der Waals surface area contributed by atoms with E-state index in [4.69, 9.17) is 14.2 Å². The van der Waals surface area contributed by atoms with Crippen LogP contribution in [0.25, 0.3) is 0 Å². The Morgan fingerprint density at radius 1 is 0.711 bits per heavy atom. The predicted molar refractivity (Wildman–Crippen MR) is 136 cm³/mol. The highest BCUT2D eigenvalue weighted by Crippen LogP contribution is 2.30. The Balaban J connectivity index is 1.92. The van der Waals surface area contributed by atoms with Crippen molar-refractivity contribution in [1.82, 2.24) is 4.90 Å². The summed E-state index contributed by atoms with van der Waals surface area (Å²) in [6, 6.07) is 0. The molecule has 2 fully saturated rings. The third-order valence-corrected chi connectivity index (χ3v) is 7.44. The lowest BCUT2D eigenvalue weighted by Gasteiger charge is -2.48. The van der Waals surface area contributed by atoms with Crippen LogP contribution in [0.15, 0.2) is 0 Å². The van der Waals surface area contributed by atoms with Crippen molar-refractivity contribution in [1.29, 1.82) is 0 Å². The minimum Gasteiger partial charge on any atom is -0.394 e. The van der Waals surface area contributed by atoms with Gasteiger partial charge in [-0.15, -0.1) is 0 Å². The molecule has 1 amide bonds. The molecule has 0 aromatic heterocycles. The van der Waals surface area contributed by atoms with Crippen LogP contribution in [0, 0.1) is 0 Å². The molecule has 2 heterocycles. The molecule has 0 aromatic carbocycles. The summed E-state index contributed by atoms with van der Waals surface area (Å²) >= 11 is 0. The maximum absolute atomic E-state index is 12.4. The van der Waals surface area contributed by atoms with Gasteiger partial charge in [-0.05, 0) is 6.42 Å². The molecule has 0 aliphatic carbocycles. The van der Waals surface area contributed by atoms with Gasteiger partial charge in [-0.25, -0.2) is 0 Å². The molecule has 10 unspecified atom stereocenters. The second-order valence-electron chi connectivity index (χ2n) is 10.4. The number of aliphatic hydroxyl groups excluding tert-OH is 7. The van der Waals surface area contributed by atoms with E-state index >= 15 is 0 Å². The lowest BCUT2D eigenvalue weighted by Crippen LogP contribution is -2.67. The van der Waals surface area contributed by atoms with E-state index in [0.29, 0.717) is 13.0 Å². The van der Waals surface area contributed by atoms with Crippen molar-refractivity contribution < 1.29 is 54.8 Å². The van der Waals surface area contributed by atoms with Gasteiger partial charge in [-0.2, -0.15) is 0 Å². The van der Waals surface area contributed by atoms with E-state index in [1.165, 1.54) is 50.3 Å². The van der Waals surface area contributed by atoms with Gasteiger partial charge in [0.25, 0.3) is 0 Å². The Morgan fingerprint density at radius 2 is 1.26 bits per heavy atom. The average molecular weight is 552 g/mol. The lowest BCUT2D eigenvalue weighted by atomic mass is 9.96. The summed E-state index contributed by atoms with van der Waals surface area (Å²) in [4.78, 5) is 13.7. The molecule has 10 atom stereocenters. The zero-order chi connectivity index (χ0) is 28.2. The molecule has 2 saturated heterocycles. The largest absolute Gasteiger partial charge is 0.394 e. The Labute approximate surface area is 225 Å². The van der Waals surface area contributed by atoms with Crippen LogP contribution in [0.2, 0.25) is 0 Å². The van der Waals surface area contributed by atoms with Crippen molar-refractivity contribution in [2.75, 3.05) is 19.8 Å². The molecular weight excluding hydrogens is 502 g/mol. The summed E-state index contributed by atoms with van der Waals surface area (Å²) in [5, 5.41) is 71.2. The fourth-order valence-electron chi connectivity index (χ4n) is 5.06. The number of nitrogens with zero attached hydrogens (tertiary/aromatic N) is 1. The molecule has 0 bridgehead atoms. The molecule has 2 aliphatic heterocycles. The van der Waals surface area contributed by atoms with Crippen LogP contribution in [0.3, 0.4) is 0 Å². The first kappa shape index (κ1) is 33.3. The first-order valence-electron chi connectivity index (χ1n) is 14.0. The van der Waals surface area contributed by atoms with Crippen LogP contribution >= 0.6 is 0 Å². The van der Waals surface area contributed by atoms with Gasteiger partial charge < -0.3 is 54.9 Å². The number of amides is 1. The minimum atomic E-state index is -1.74. The first-order valence-corrected chi connectivity index (χ1v) is 14.0. The van der Waals surface area contributed by atoms with Crippen molar-refractivity contribution in [2.45, 2.75) is 139 Å². The van der Waals surface area contributed by atoms with Crippen LogP contribution in [0.5, 0.6) is 0 Å². The van der Waals surface area contributed by atoms with Gasteiger partial charge in [-0.1, -0.05) is 64.7 Å². The van der Waals surface area contributed by atoms with Crippen LogP contribution in [-0.2, 0) is 19.0 Å². The van der Waals surface area contributed by atoms with Crippen molar-refractivity contribution in [3.05, 3.63) is 0 Å². The van der Waals surface area contributed by atoms with Gasteiger partial charge in [0.1, 0.15) is 48.8 Å². The highest BCUT2D eigenvalue weighted by Gasteiger charge is 2.51. The van der Waals surface area contributed by atoms with Crippen molar-refractivity contribution in [2.24, 2.45) is 0 Å². The molecule has 2 rings (SSSR count). The van der Waals surface area contributed by atoms with Crippen molar-refractivity contribution in [3.63, 3.8) is 0 Å². The van der Waals surface area contributed by atoms with Crippen LogP contribution in [0.4, 0.5) is 0 Å². The lowest BCUT2D eigenvalue weighted by molar-refractivity contribution is -0.347. The molecule has 224 valence electrons. The van der Waals surface area contributed by atoms with Crippen molar-refractivity contribution in [3.8, 4) is 0 Å². The van der Waals surface area contributed by atoms with E-state index in [9.17, 15) is 40.5 Å². The molecule has 12 nitrogen and oxygen atoms in total. The molecule has 0 radical (unpaired) electrons. The SMILES string of the molecule is CCCCCCCCCCCCN(C(C)=O)C1OC(CO)C(OC2OC(CO)C(O)C(O)C2O)C(O)C1O. The van der Waals surface area contributed by atoms with Crippen molar-refractivity contribution >= 4 is 5.91 Å². The topological polar surface area (TPSA) is 190 Å². The molecule has 0 spiro atoms. The fraction of sp³-hybridized carbons (Fsp3) is 0.962. The number of carbonyl (C=O) groups is 1. The average Bonchev–Trinajstić information content (AvgIpc) is 2.90. The van der Waals surface area contributed by atoms with Gasteiger partial charge in [0.2, 0.25) is 5.91 Å². The number of hydrogen-bond donors (Lipinski definition) is 7. The highest BCUT2D eigenvalue weighted by molar-refractivity contribution is 5.73. The standard InChI is InChI=1S/C26H49NO11/c1-3-4-5-6-7-8-9-10-11-12-13-27(16(2)30)25-22(34)21(33)24(18(15-29)36-25)38-26-23(35)20(32)19(31)17(14-28)37-26/h17-26,28-29,31-35H,3-15H2,1-2H3. The van der Waals surface area contributed by atoms with E-state index in [2.05, 4.69) is 6.92 Å². The number of hydrogen-bond acceptors (Lipinski definition) is 11. The molecular formula is C26H49NO11. The van der Waals surface area contributed by atoms with E-state index in [-0.39, 0.29) is 5.91 Å². The maximum atomic E-state index is 12.4. The number of rotatable bonds is 16. The Morgan fingerprint density at radius 3 is 1.79 bits per heavy atom. The van der Waals surface area contributed by atoms with E-state index < -0.39 is 74.6 Å². The van der Waals surface area contributed by atoms with E-state index in [1.807, 2.05) is 0 Å². The maximum Gasteiger partial charge on any atom is 0.221 e. The van der Waals surface area contributed by atoms with Crippen LogP contribution in [0.1, 0.15) is 78.1 Å². The Hall–Kier alpha value is -0.930. The van der Waals surface area contributed by atoms with E-state index in [1.54, 1.807) is 0 Å². The van der Waals surface area contributed by atoms with Gasteiger partial charge >= 0.3 is 0 Å². The highest BCUT2D eigenvalue weighted by atomic mass is 16.7. The second kappa shape index (κ2) is 17.0. The fourth-order valence-corrected chi connectivity index (χ4v) is 5.06. The molecule has 38 heavy (non-hydrogen) atoms. The van der Waals surface area contributed by atoms with Gasteiger partial charge in [0, 0.05) is 13.5 Å². The summed E-state index contributed by atoms with van der Waals surface area (Å²) < 4.78 is 16.7. The van der Waals surface area contributed by atoms with E-state index in [0.717, 1.165) is 19.3 Å². The number of unbranched alkanes of at least 4 members (excludes halogenated alkanes) is 9. The van der Waals surface area contributed by atoms with Crippen LogP contribution in [-0.4, -0.2) is 128 Å². The quantitative estimate of drug-likeness (QED) is 0.121. The predicted octanol–water partition coefficient (Wildman–Crippen LogP) is -0.620. The number of ether oxygens (including phenoxy) is 3. The summed E-state index contributed by atoms with van der Waals surface area (Å²) in [5.74, 6) is -0.359. The Kier molecular flexibility index (Phi) is 14.9. The Bertz CT molecular complexity index is 667. The number of aliphatic hydroxyl groups is 7. The zero-order valence-corrected chi connectivity index (χ0v) is 22.7. The smallest absolute Gasteiger partial charge is 0.221 e. The third-order valence-electron chi connectivity index (χ3n) is 7.44. The van der Waals surface area contributed by atoms with Gasteiger partial charge in [0.05, 0.1) is 13.2 Å². The van der Waals surface area contributed by atoms with Gasteiger partial charge in [0.15, 0.2) is 12.5 Å². The molecule has 2 aliphatic rings. The third kappa shape index (κ3) is 9.05. The summed E-state index contributed by atoms with van der Waals surface area (Å²) in [5.41, 5.74) is 0. The molecule has 0 saturated carbocycles. The summed E-state index contributed by atoms with van der Waals surface area (Å²) in [6.07, 6.45) is -3.74. The summed E-state index contributed by atoms with van der Waals surface area (Å²) in [6.45, 7) is 2.52. The zero-order valence-electron chi connectivity index (χ0n) is 22.7. The normalized spacial score (nSPS) is 35.8.